The molecule has 0 aromatic carbocycles. The van der Waals surface area contributed by atoms with Crippen LogP contribution in [0, 0.1) is 11.8 Å². The maximum atomic E-state index is 8.80. The van der Waals surface area contributed by atoms with Gasteiger partial charge in [-0.15, -0.1) is 0 Å². The average Bonchev–Trinajstić information content (AvgIpc) is 2.21. The first kappa shape index (κ1) is 13.0. The summed E-state index contributed by atoms with van der Waals surface area (Å²) in [5, 5.41) is 12.5. The Morgan fingerprint density at radius 2 is 1.87 bits per heavy atom. The lowest BCUT2D eigenvalue weighted by molar-refractivity contribution is 0.188. The van der Waals surface area contributed by atoms with Gasteiger partial charge in [0.25, 0.3) is 0 Å². The molecule has 2 N–H and O–H groups in total. The number of aliphatic hydroxyl groups excluding tert-OH is 1. The standard InChI is InChI=1S/C13H27NO/c1-10-6-4-7-11(2)13(10)14-12(3)8-5-9-15/h10-15H,4-9H2,1-3H3/t10-,11-,12+/m0/s1. The van der Waals surface area contributed by atoms with Crippen LogP contribution in [0.1, 0.15) is 52.9 Å². The van der Waals surface area contributed by atoms with Crippen LogP contribution in [-0.2, 0) is 0 Å². The van der Waals surface area contributed by atoms with E-state index in [0.29, 0.717) is 18.7 Å². The van der Waals surface area contributed by atoms with Crippen LogP contribution in [0.25, 0.3) is 0 Å². The highest BCUT2D eigenvalue weighted by molar-refractivity contribution is 4.84. The van der Waals surface area contributed by atoms with Gasteiger partial charge in [-0.2, -0.15) is 0 Å². The Balaban J connectivity index is 2.33. The number of aliphatic hydroxyl groups is 1. The molecule has 90 valence electrons. The van der Waals surface area contributed by atoms with Crippen molar-refractivity contribution in [1.29, 1.82) is 0 Å². The average molecular weight is 213 g/mol. The van der Waals surface area contributed by atoms with Crippen LogP contribution >= 0.6 is 0 Å². The van der Waals surface area contributed by atoms with Crippen LogP contribution in [0.3, 0.4) is 0 Å². The fourth-order valence-corrected chi connectivity index (χ4v) is 2.82. The highest BCUT2D eigenvalue weighted by Crippen LogP contribution is 2.29. The van der Waals surface area contributed by atoms with Gasteiger partial charge < -0.3 is 10.4 Å². The zero-order chi connectivity index (χ0) is 11.3. The van der Waals surface area contributed by atoms with E-state index < -0.39 is 0 Å². The summed E-state index contributed by atoms with van der Waals surface area (Å²) in [6.07, 6.45) is 6.14. The van der Waals surface area contributed by atoms with Gasteiger partial charge in [-0.05, 0) is 44.4 Å². The second-order valence-corrected chi connectivity index (χ2v) is 5.34. The third kappa shape index (κ3) is 4.12. The number of hydrogen-bond acceptors (Lipinski definition) is 2. The zero-order valence-corrected chi connectivity index (χ0v) is 10.5. The molecular formula is C13H27NO. The Hall–Kier alpha value is -0.0800. The molecule has 0 unspecified atom stereocenters. The van der Waals surface area contributed by atoms with E-state index in [4.69, 9.17) is 5.11 Å². The molecule has 0 bridgehead atoms. The molecule has 15 heavy (non-hydrogen) atoms. The van der Waals surface area contributed by atoms with E-state index in [1.807, 2.05) is 0 Å². The largest absolute Gasteiger partial charge is 0.396 e. The summed E-state index contributed by atoms with van der Waals surface area (Å²) in [5.41, 5.74) is 0. The van der Waals surface area contributed by atoms with Crippen molar-refractivity contribution < 1.29 is 5.11 Å². The van der Waals surface area contributed by atoms with E-state index >= 15 is 0 Å². The quantitative estimate of drug-likeness (QED) is 0.735. The molecule has 2 nitrogen and oxygen atoms in total. The molecule has 0 amide bonds. The minimum absolute atomic E-state index is 0.321. The summed E-state index contributed by atoms with van der Waals surface area (Å²) in [6, 6.07) is 1.23. The summed E-state index contributed by atoms with van der Waals surface area (Å²) in [4.78, 5) is 0. The Morgan fingerprint density at radius 3 is 2.40 bits per heavy atom. The Bertz CT molecular complexity index is 162. The van der Waals surface area contributed by atoms with Gasteiger partial charge in [0.05, 0.1) is 0 Å². The summed E-state index contributed by atoms with van der Waals surface area (Å²) < 4.78 is 0. The van der Waals surface area contributed by atoms with Gasteiger partial charge in [-0.25, -0.2) is 0 Å². The first-order chi connectivity index (χ1) is 7.15. The van der Waals surface area contributed by atoms with E-state index in [2.05, 4.69) is 26.1 Å². The predicted molar refractivity (Wildman–Crippen MR) is 64.9 cm³/mol. The Kier molecular flexibility index (Phi) is 5.62. The molecule has 0 saturated heterocycles. The van der Waals surface area contributed by atoms with Crippen LogP contribution in [-0.4, -0.2) is 23.8 Å². The van der Waals surface area contributed by atoms with Gasteiger partial charge in [0.1, 0.15) is 0 Å². The highest BCUT2D eigenvalue weighted by atomic mass is 16.2. The van der Waals surface area contributed by atoms with Crippen LogP contribution < -0.4 is 5.32 Å². The molecule has 0 spiro atoms. The molecule has 1 saturated carbocycles. The lowest BCUT2D eigenvalue weighted by atomic mass is 9.78. The first-order valence-electron chi connectivity index (χ1n) is 6.52. The lowest BCUT2D eigenvalue weighted by Gasteiger charge is -2.37. The van der Waals surface area contributed by atoms with Crippen LogP contribution in [0.2, 0.25) is 0 Å². The fourth-order valence-electron chi connectivity index (χ4n) is 2.82. The molecule has 2 heteroatoms. The summed E-state index contributed by atoms with van der Waals surface area (Å²) in [7, 11) is 0. The minimum Gasteiger partial charge on any atom is -0.396 e. The van der Waals surface area contributed by atoms with Gasteiger partial charge in [0.2, 0.25) is 0 Å². The Labute approximate surface area is 94.5 Å². The van der Waals surface area contributed by atoms with Gasteiger partial charge in [0, 0.05) is 18.7 Å². The second kappa shape index (κ2) is 6.49. The molecule has 1 aliphatic carbocycles. The van der Waals surface area contributed by atoms with Crippen molar-refractivity contribution in [2.24, 2.45) is 11.8 Å². The van der Waals surface area contributed by atoms with Crippen molar-refractivity contribution in [3.63, 3.8) is 0 Å². The highest BCUT2D eigenvalue weighted by Gasteiger charge is 2.28. The molecule has 0 heterocycles. The maximum absolute atomic E-state index is 8.80. The summed E-state index contributed by atoms with van der Waals surface area (Å²) >= 11 is 0. The van der Waals surface area contributed by atoms with Gasteiger partial charge in [-0.3, -0.25) is 0 Å². The van der Waals surface area contributed by atoms with E-state index in [-0.39, 0.29) is 0 Å². The second-order valence-electron chi connectivity index (χ2n) is 5.34. The molecule has 0 aromatic rings. The molecule has 0 aromatic heterocycles. The number of nitrogens with one attached hydrogen (secondary N) is 1. The van der Waals surface area contributed by atoms with E-state index in [0.717, 1.165) is 24.7 Å². The first-order valence-corrected chi connectivity index (χ1v) is 6.52. The third-order valence-corrected chi connectivity index (χ3v) is 3.82. The maximum Gasteiger partial charge on any atom is 0.0431 e. The molecule has 1 rings (SSSR count). The van der Waals surface area contributed by atoms with E-state index in [9.17, 15) is 0 Å². The van der Waals surface area contributed by atoms with Crippen molar-refractivity contribution in [2.75, 3.05) is 6.61 Å². The van der Waals surface area contributed by atoms with Gasteiger partial charge in [0.15, 0.2) is 0 Å². The monoisotopic (exact) mass is 213 g/mol. The van der Waals surface area contributed by atoms with Crippen molar-refractivity contribution in [3.05, 3.63) is 0 Å². The number of hydrogen-bond donors (Lipinski definition) is 2. The normalized spacial score (nSPS) is 30.4. The summed E-state index contributed by atoms with van der Waals surface area (Å²) in [6.45, 7) is 7.30. The zero-order valence-electron chi connectivity index (χ0n) is 10.5. The molecular weight excluding hydrogens is 186 g/mol. The third-order valence-electron chi connectivity index (χ3n) is 3.82. The SMILES string of the molecule is C[C@H](CCCO)NC1[C@@H](C)CCC[C@@H]1C. The van der Waals surface area contributed by atoms with Crippen molar-refractivity contribution in [1.82, 2.24) is 5.32 Å². The van der Waals surface area contributed by atoms with Crippen molar-refractivity contribution in [2.45, 2.75) is 65.0 Å². The fraction of sp³-hybridized carbons (Fsp3) is 1.00. The molecule has 1 fully saturated rings. The van der Waals surface area contributed by atoms with Gasteiger partial charge in [-0.1, -0.05) is 20.3 Å². The molecule has 1 aliphatic rings. The molecule has 0 aliphatic heterocycles. The molecule has 0 radical (unpaired) electrons. The lowest BCUT2D eigenvalue weighted by Crippen LogP contribution is -2.46. The van der Waals surface area contributed by atoms with E-state index in [1.165, 1.54) is 19.3 Å². The van der Waals surface area contributed by atoms with Crippen LogP contribution in [0.5, 0.6) is 0 Å². The van der Waals surface area contributed by atoms with E-state index in [1.54, 1.807) is 0 Å². The van der Waals surface area contributed by atoms with Gasteiger partial charge >= 0.3 is 0 Å². The smallest absolute Gasteiger partial charge is 0.0431 e. The topological polar surface area (TPSA) is 32.3 Å². The van der Waals surface area contributed by atoms with Crippen molar-refractivity contribution >= 4 is 0 Å². The van der Waals surface area contributed by atoms with Crippen molar-refractivity contribution in [3.8, 4) is 0 Å². The van der Waals surface area contributed by atoms with Crippen LogP contribution in [0.4, 0.5) is 0 Å². The summed E-state index contributed by atoms with van der Waals surface area (Å²) in [5.74, 6) is 1.62. The minimum atomic E-state index is 0.321. The molecule has 3 atom stereocenters. The Morgan fingerprint density at radius 1 is 1.27 bits per heavy atom. The predicted octanol–water partition coefficient (Wildman–Crippen LogP) is 2.56. The van der Waals surface area contributed by atoms with Crippen LogP contribution in [0.15, 0.2) is 0 Å². The number of rotatable bonds is 5.